The van der Waals surface area contributed by atoms with Crippen molar-refractivity contribution in [3.8, 4) is 10.6 Å². The molecule has 1 saturated carbocycles. The van der Waals surface area contributed by atoms with Gasteiger partial charge in [-0.2, -0.15) is 5.10 Å². The Morgan fingerprint density at radius 3 is 2.90 bits per heavy atom. The number of nitrogens with zero attached hydrogens (tertiary/aromatic N) is 3. The number of thiophene rings is 1. The second-order valence-corrected chi connectivity index (χ2v) is 8.05. The highest BCUT2D eigenvalue weighted by Gasteiger charge is 2.24. The van der Waals surface area contributed by atoms with Crippen molar-refractivity contribution in [2.45, 2.75) is 12.8 Å². The quantitative estimate of drug-likeness (QED) is 0.439. The number of imide groups is 1. The van der Waals surface area contributed by atoms with Gasteiger partial charge in [0.15, 0.2) is 5.65 Å². The Morgan fingerprint density at radius 2 is 2.14 bits per heavy atom. The van der Waals surface area contributed by atoms with Gasteiger partial charge in [0.05, 0.1) is 21.6 Å². The highest BCUT2D eigenvalue weighted by Crippen LogP contribution is 2.29. The normalized spacial score (nSPS) is 17.6. The van der Waals surface area contributed by atoms with Gasteiger partial charge in [-0.15, -0.1) is 11.3 Å². The Bertz CT molecular complexity index is 1190. The Hall–Kier alpha value is -3.53. The molecule has 0 atom stereocenters. The van der Waals surface area contributed by atoms with Gasteiger partial charge in [0.1, 0.15) is 5.70 Å². The van der Waals surface area contributed by atoms with Crippen LogP contribution < -0.4 is 16.0 Å². The topological polar surface area (TPSA) is 117 Å². The second-order valence-electron chi connectivity index (χ2n) is 6.96. The summed E-state index contributed by atoms with van der Waals surface area (Å²) in [6.45, 7) is 0.730. The molecule has 146 valence electrons. The van der Waals surface area contributed by atoms with Crippen LogP contribution in [0.1, 0.15) is 28.1 Å². The van der Waals surface area contributed by atoms with Gasteiger partial charge in [-0.05, 0) is 43.0 Å². The fraction of sp³-hybridized carbons (Fsp3) is 0.211. The van der Waals surface area contributed by atoms with Crippen LogP contribution in [0.15, 0.2) is 36.3 Å². The maximum absolute atomic E-state index is 12.3. The van der Waals surface area contributed by atoms with E-state index in [4.69, 9.17) is 0 Å². The smallest absolute Gasteiger partial charge is 0.326 e. The molecule has 10 heteroatoms. The minimum Gasteiger partial charge on any atom is -0.351 e. The molecule has 1 aliphatic carbocycles. The van der Waals surface area contributed by atoms with E-state index in [-0.39, 0.29) is 11.6 Å². The molecule has 4 heterocycles. The van der Waals surface area contributed by atoms with Crippen molar-refractivity contribution in [1.29, 1.82) is 0 Å². The summed E-state index contributed by atoms with van der Waals surface area (Å²) in [7, 11) is 0. The summed E-state index contributed by atoms with van der Waals surface area (Å²) in [6, 6.07) is 4.93. The summed E-state index contributed by atoms with van der Waals surface area (Å²) in [5.41, 5.74) is 1.97. The summed E-state index contributed by atoms with van der Waals surface area (Å²) in [4.78, 5) is 41.5. The van der Waals surface area contributed by atoms with Crippen molar-refractivity contribution >= 4 is 40.9 Å². The number of amides is 4. The monoisotopic (exact) mass is 408 g/mol. The van der Waals surface area contributed by atoms with Crippen LogP contribution in [0.2, 0.25) is 0 Å². The predicted molar refractivity (Wildman–Crippen MR) is 106 cm³/mol. The molecule has 4 amide bonds. The van der Waals surface area contributed by atoms with E-state index in [0.717, 1.165) is 11.4 Å². The van der Waals surface area contributed by atoms with Gasteiger partial charge in [-0.25, -0.2) is 14.3 Å². The number of hydrogen-bond acceptors (Lipinski definition) is 6. The number of rotatable bonds is 5. The first-order valence-corrected chi connectivity index (χ1v) is 9.95. The Labute approximate surface area is 168 Å². The summed E-state index contributed by atoms with van der Waals surface area (Å²) in [6.07, 6.45) is 7.25. The number of nitrogens with one attached hydrogen (secondary N) is 3. The molecule has 0 aromatic carbocycles. The lowest BCUT2D eigenvalue weighted by molar-refractivity contribution is -0.115. The Balaban J connectivity index is 1.42. The highest BCUT2D eigenvalue weighted by molar-refractivity contribution is 7.17. The van der Waals surface area contributed by atoms with Gasteiger partial charge in [-0.3, -0.25) is 14.9 Å². The Kier molecular flexibility index (Phi) is 4.13. The molecule has 0 spiro atoms. The van der Waals surface area contributed by atoms with E-state index in [1.165, 1.54) is 30.3 Å². The van der Waals surface area contributed by atoms with Gasteiger partial charge in [0.2, 0.25) is 0 Å². The molecule has 2 fully saturated rings. The SMILES string of the molecule is O=C1NC(=O)/C(=C/c2cnn3ccc(-c4ccc(C(=O)NCC5CC5)s4)nc23)N1. The third kappa shape index (κ3) is 3.49. The van der Waals surface area contributed by atoms with Crippen LogP contribution in [0.3, 0.4) is 0 Å². The van der Waals surface area contributed by atoms with Gasteiger partial charge < -0.3 is 10.6 Å². The van der Waals surface area contributed by atoms with E-state index in [2.05, 4.69) is 26.0 Å². The summed E-state index contributed by atoms with van der Waals surface area (Å²) in [5.74, 6) is 0.0706. The lowest BCUT2D eigenvalue weighted by Gasteiger charge is -2.01. The molecule has 1 aliphatic heterocycles. The first-order chi connectivity index (χ1) is 14.1. The van der Waals surface area contributed by atoms with Crippen molar-refractivity contribution in [2.75, 3.05) is 6.54 Å². The molecule has 3 aromatic rings. The van der Waals surface area contributed by atoms with E-state index in [9.17, 15) is 14.4 Å². The molecule has 0 radical (unpaired) electrons. The van der Waals surface area contributed by atoms with E-state index in [0.29, 0.717) is 27.7 Å². The molecule has 29 heavy (non-hydrogen) atoms. The number of fused-ring (bicyclic) bond motifs is 1. The number of urea groups is 1. The van der Waals surface area contributed by atoms with Crippen molar-refractivity contribution in [3.05, 3.63) is 46.7 Å². The number of carbonyl (C=O) groups is 3. The minimum atomic E-state index is -0.558. The zero-order valence-corrected chi connectivity index (χ0v) is 16.0. The molecule has 3 N–H and O–H groups in total. The first kappa shape index (κ1) is 17.6. The lowest BCUT2D eigenvalue weighted by atomic mass is 10.2. The molecular formula is C19H16N6O3S. The standard InChI is InChI=1S/C19H16N6O3S/c26-17-13(23-19(28)24-17)7-11-9-21-25-6-5-12(22-16(11)25)14-3-4-15(29-14)18(27)20-8-10-1-2-10/h3-7,9-10H,1-2,8H2,(H,20,27)(H2,23,24,26,28)/b13-7-. The molecule has 9 nitrogen and oxygen atoms in total. The van der Waals surface area contributed by atoms with Crippen LogP contribution in [0, 0.1) is 5.92 Å². The van der Waals surface area contributed by atoms with Crippen LogP contribution in [-0.2, 0) is 4.79 Å². The average molecular weight is 408 g/mol. The Morgan fingerprint density at radius 1 is 1.28 bits per heavy atom. The molecule has 0 unspecified atom stereocenters. The fourth-order valence-electron chi connectivity index (χ4n) is 3.01. The summed E-state index contributed by atoms with van der Waals surface area (Å²) in [5, 5.41) is 11.8. The first-order valence-electron chi connectivity index (χ1n) is 9.13. The largest absolute Gasteiger partial charge is 0.351 e. The molecular weight excluding hydrogens is 392 g/mol. The van der Waals surface area contributed by atoms with E-state index < -0.39 is 11.9 Å². The van der Waals surface area contributed by atoms with Gasteiger partial charge in [-0.1, -0.05) is 0 Å². The zero-order valence-electron chi connectivity index (χ0n) is 15.1. The van der Waals surface area contributed by atoms with Crippen molar-refractivity contribution in [1.82, 2.24) is 30.5 Å². The highest BCUT2D eigenvalue weighted by atomic mass is 32.1. The van der Waals surface area contributed by atoms with Crippen LogP contribution in [-0.4, -0.2) is 39.0 Å². The molecule has 5 rings (SSSR count). The van der Waals surface area contributed by atoms with Crippen LogP contribution in [0.25, 0.3) is 22.3 Å². The molecule has 2 aliphatic rings. The van der Waals surface area contributed by atoms with Crippen molar-refractivity contribution < 1.29 is 14.4 Å². The molecule has 0 bridgehead atoms. The number of aromatic nitrogens is 3. The fourth-order valence-corrected chi connectivity index (χ4v) is 3.90. The average Bonchev–Trinajstić information content (AvgIpc) is 3.10. The van der Waals surface area contributed by atoms with E-state index in [1.54, 1.807) is 23.0 Å². The third-order valence-electron chi connectivity index (χ3n) is 4.75. The van der Waals surface area contributed by atoms with Crippen LogP contribution >= 0.6 is 11.3 Å². The zero-order chi connectivity index (χ0) is 20.0. The van der Waals surface area contributed by atoms with Gasteiger partial charge in [0.25, 0.3) is 11.8 Å². The van der Waals surface area contributed by atoms with Gasteiger partial charge >= 0.3 is 6.03 Å². The van der Waals surface area contributed by atoms with Crippen LogP contribution in [0.4, 0.5) is 4.79 Å². The number of hydrogen-bond donors (Lipinski definition) is 3. The lowest BCUT2D eigenvalue weighted by Crippen LogP contribution is -2.24. The second kappa shape index (κ2) is 6.82. The van der Waals surface area contributed by atoms with E-state index in [1.807, 2.05) is 12.1 Å². The van der Waals surface area contributed by atoms with E-state index >= 15 is 0 Å². The maximum Gasteiger partial charge on any atom is 0.326 e. The van der Waals surface area contributed by atoms with Gasteiger partial charge in [0, 0.05) is 18.3 Å². The summed E-state index contributed by atoms with van der Waals surface area (Å²) < 4.78 is 1.58. The molecule has 3 aromatic heterocycles. The predicted octanol–water partition coefficient (Wildman–Crippen LogP) is 1.78. The minimum absolute atomic E-state index is 0.0630. The van der Waals surface area contributed by atoms with Crippen molar-refractivity contribution in [2.24, 2.45) is 5.92 Å². The van der Waals surface area contributed by atoms with Crippen molar-refractivity contribution in [3.63, 3.8) is 0 Å². The molecule has 1 saturated heterocycles. The summed E-state index contributed by atoms with van der Waals surface area (Å²) >= 11 is 1.38. The number of carbonyl (C=O) groups excluding carboxylic acids is 3. The maximum atomic E-state index is 12.3. The van der Waals surface area contributed by atoms with Crippen LogP contribution in [0.5, 0.6) is 0 Å². The third-order valence-corrected chi connectivity index (χ3v) is 5.85.